The van der Waals surface area contributed by atoms with Crippen molar-refractivity contribution in [2.75, 3.05) is 18.1 Å². The number of phenolic OH excluding ortho intramolecular Hbond substituents is 1. The summed E-state index contributed by atoms with van der Waals surface area (Å²) in [6, 6.07) is 0.827. The lowest BCUT2D eigenvalue weighted by molar-refractivity contribution is -0.142. The molecule has 200 valence electrons. The third kappa shape index (κ3) is 10.3. The molecule has 1 rings (SSSR count). The van der Waals surface area contributed by atoms with E-state index in [1.165, 1.54) is 31.2 Å². The molecule has 0 bridgehead atoms. The molecule has 0 radical (unpaired) electrons. The lowest BCUT2D eigenvalue weighted by atomic mass is 10.1. The number of rotatable bonds is 14. The van der Waals surface area contributed by atoms with Gasteiger partial charge in [-0.25, -0.2) is 4.79 Å². The van der Waals surface area contributed by atoms with Gasteiger partial charge in [-0.1, -0.05) is 12.1 Å². The van der Waals surface area contributed by atoms with Crippen molar-refractivity contribution in [2.45, 2.75) is 43.6 Å². The highest BCUT2D eigenvalue weighted by molar-refractivity contribution is 7.80. The number of carbonyl (C=O) groups is 5. The highest BCUT2D eigenvalue weighted by Crippen LogP contribution is 2.11. The maximum atomic E-state index is 12.6. The minimum Gasteiger partial charge on any atom is -0.508 e. The standard InChI is InChI=1S/C21H31N5O8S2/c1-10(27)17(26-18(30)13(22)8-35)20(32)23-7-16(29)24-15(9-36)19(31)25-14(21(33)34)6-11-2-4-12(28)5-3-11/h2-5,10,13-15,17,27-28,35-36H,6-9,22H2,1H3,(H,23,32)(H,24,29)(H,25,31)(H,26,30)(H,33,34)/t10-,13+,14+,15+,17+/m1/s1. The Kier molecular flexibility index (Phi) is 13.1. The quantitative estimate of drug-likeness (QED) is 0.109. The minimum absolute atomic E-state index is 0.00276. The van der Waals surface area contributed by atoms with Gasteiger partial charge >= 0.3 is 5.97 Å². The Labute approximate surface area is 218 Å². The van der Waals surface area contributed by atoms with Gasteiger partial charge in [0.15, 0.2) is 0 Å². The number of hydrogen-bond donors (Lipinski definition) is 10. The second-order valence-corrected chi connectivity index (χ2v) is 8.54. The highest BCUT2D eigenvalue weighted by Gasteiger charge is 2.29. The molecule has 0 saturated heterocycles. The Bertz CT molecular complexity index is 931. The number of carboxylic acid groups (broad SMARTS) is 1. The molecule has 4 amide bonds. The van der Waals surface area contributed by atoms with E-state index in [4.69, 9.17) is 5.73 Å². The number of hydrogen-bond acceptors (Lipinski definition) is 10. The number of amides is 4. The van der Waals surface area contributed by atoms with Crippen molar-refractivity contribution in [3.8, 4) is 5.75 Å². The van der Waals surface area contributed by atoms with Gasteiger partial charge in [0.25, 0.3) is 0 Å². The first-order chi connectivity index (χ1) is 16.9. The molecule has 15 heteroatoms. The van der Waals surface area contributed by atoms with Crippen molar-refractivity contribution in [3.63, 3.8) is 0 Å². The fourth-order valence-corrected chi connectivity index (χ4v) is 3.23. The number of aliphatic hydroxyl groups is 1. The lowest BCUT2D eigenvalue weighted by Crippen LogP contribution is -2.58. The van der Waals surface area contributed by atoms with Crippen LogP contribution in [-0.2, 0) is 30.4 Å². The summed E-state index contributed by atoms with van der Waals surface area (Å²) < 4.78 is 0. The Hall–Kier alpha value is -3.01. The Balaban J connectivity index is 2.69. The normalized spacial score (nSPS) is 14.9. The molecule has 5 atom stereocenters. The van der Waals surface area contributed by atoms with Gasteiger partial charge in [0.2, 0.25) is 23.6 Å². The third-order valence-corrected chi connectivity index (χ3v) is 5.60. The van der Waals surface area contributed by atoms with E-state index in [-0.39, 0.29) is 23.7 Å². The van der Waals surface area contributed by atoms with Crippen LogP contribution >= 0.6 is 25.3 Å². The zero-order valence-electron chi connectivity index (χ0n) is 19.4. The van der Waals surface area contributed by atoms with Gasteiger partial charge in [-0.3, -0.25) is 19.2 Å². The topological polar surface area (TPSA) is 220 Å². The molecular weight excluding hydrogens is 514 g/mol. The fraction of sp³-hybridized carbons (Fsp3) is 0.476. The van der Waals surface area contributed by atoms with E-state index in [0.717, 1.165) is 0 Å². The van der Waals surface area contributed by atoms with Crippen LogP contribution in [0.5, 0.6) is 5.75 Å². The summed E-state index contributed by atoms with van der Waals surface area (Å²) in [7, 11) is 0. The van der Waals surface area contributed by atoms with Crippen LogP contribution < -0.4 is 27.0 Å². The number of nitrogens with one attached hydrogen (secondary N) is 4. The van der Waals surface area contributed by atoms with E-state index in [1.54, 1.807) is 0 Å². The van der Waals surface area contributed by atoms with Gasteiger partial charge in [-0.15, -0.1) is 0 Å². The highest BCUT2D eigenvalue weighted by atomic mass is 32.1. The van der Waals surface area contributed by atoms with E-state index in [1.807, 2.05) is 0 Å². The molecule has 1 aromatic carbocycles. The number of nitrogens with two attached hydrogens (primary N) is 1. The first-order valence-electron chi connectivity index (χ1n) is 10.7. The minimum atomic E-state index is -1.39. The summed E-state index contributed by atoms with van der Waals surface area (Å²) in [5.41, 5.74) is 6.08. The predicted octanol–water partition coefficient (Wildman–Crippen LogP) is -2.84. The molecule has 0 heterocycles. The number of phenols is 1. The van der Waals surface area contributed by atoms with E-state index >= 15 is 0 Å². The van der Waals surface area contributed by atoms with E-state index in [9.17, 15) is 39.3 Å². The van der Waals surface area contributed by atoms with Crippen molar-refractivity contribution in [1.82, 2.24) is 21.3 Å². The number of aliphatic hydroxyl groups excluding tert-OH is 1. The van der Waals surface area contributed by atoms with Crippen LogP contribution in [0.4, 0.5) is 0 Å². The Morgan fingerprint density at radius 1 is 0.917 bits per heavy atom. The maximum Gasteiger partial charge on any atom is 0.326 e. The summed E-state index contributed by atoms with van der Waals surface area (Å²) >= 11 is 7.90. The second kappa shape index (κ2) is 15.2. The van der Waals surface area contributed by atoms with Crippen molar-refractivity contribution < 1.29 is 39.3 Å². The lowest BCUT2D eigenvalue weighted by Gasteiger charge is -2.23. The van der Waals surface area contributed by atoms with Crippen LogP contribution in [0, 0.1) is 0 Å². The number of carboxylic acids is 1. The van der Waals surface area contributed by atoms with Crippen LogP contribution in [0.1, 0.15) is 12.5 Å². The average molecular weight is 546 g/mol. The van der Waals surface area contributed by atoms with Crippen molar-refractivity contribution in [1.29, 1.82) is 0 Å². The van der Waals surface area contributed by atoms with Crippen molar-refractivity contribution >= 4 is 54.9 Å². The van der Waals surface area contributed by atoms with E-state index < -0.39 is 66.4 Å². The summed E-state index contributed by atoms with van der Waals surface area (Å²) in [5.74, 6) is -4.68. The SMILES string of the molecule is C[C@@H](O)[C@H](NC(=O)[C@@H](N)CS)C(=O)NCC(=O)N[C@@H](CS)C(=O)N[C@@H](Cc1ccc(O)cc1)C(=O)O. The molecule has 0 aliphatic rings. The molecule has 0 unspecified atom stereocenters. The number of carbonyl (C=O) groups excluding carboxylic acids is 4. The monoisotopic (exact) mass is 545 g/mol. The molecule has 1 aromatic rings. The largest absolute Gasteiger partial charge is 0.508 e. The van der Waals surface area contributed by atoms with Gasteiger partial charge in [0.1, 0.15) is 23.9 Å². The van der Waals surface area contributed by atoms with Gasteiger partial charge in [-0.05, 0) is 24.6 Å². The van der Waals surface area contributed by atoms with Gasteiger partial charge in [-0.2, -0.15) is 25.3 Å². The van der Waals surface area contributed by atoms with Crippen LogP contribution in [0.25, 0.3) is 0 Å². The molecule has 36 heavy (non-hydrogen) atoms. The van der Waals surface area contributed by atoms with E-state index in [2.05, 4.69) is 46.5 Å². The van der Waals surface area contributed by atoms with Crippen LogP contribution in [-0.4, -0.2) is 93.2 Å². The number of aromatic hydroxyl groups is 1. The van der Waals surface area contributed by atoms with Crippen molar-refractivity contribution in [2.24, 2.45) is 5.73 Å². The summed E-state index contributed by atoms with van der Waals surface area (Å²) in [4.78, 5) is 60.7. The molecule has 0 saturated carbocycles. The number of aliphatic carboxylic acids is 1. The maximum absolute atomic E-state index is 12.6. The summed E-state index contributed by atoms with van der Waals surface area (Å²) in [6.07, 6.45) is -1.38. The zero-order chi connectivity index (χ0) is 27.4. The van der Waals surface area contributed by atoms with Gasteiger partial charge < -0.3 is 42.3 Å². The molecule has 0 spiro atoms. The molecule has 0 fully saturated rings. The first kappa shape index (κ1) is 31.0. The average Bonchev–Trinajstić information content (AvgIpc) is 2.83. The fourth-order valence-electron chi connectivity index (χ4n) is 2.81. The molecular formula is C21H31N5O8S2. The third-order valence-electron chi connectivity index (χ3n) is 4.84. The Morgan fingerprint density at radius 3 is 2.03 bits per heavy atom. The number of benzene rings is 1. The molecule has 0 aliphatic carbocycles. The zero-order valence-corrected chi connectivity index (χ0v) is 21.2. The summed E-state index contributed by atoms with van der Waals surface area (Å²) in [5, 5.41) is 37.7. The summed E-state index contributed by atoms with van der Waals surface area (Å²) in [6.45, 7) is 0.652. The molecule has 0 aromatic heterocycles. The van der Waals surface area contributed by atoms with Crippen LogP contribution in [0.2, 0.25) is 0 Å². The Morgan fingerprint density at radius 2 is 1.53 bits per heavy atom. The molecule has 13 nitrogen and oxygen atoms in total. The molecule has 9 N–H and O–H groups in total. The van der Waals surface area contributed by atoms with Crippen LogP contribution in [0.3, 0.4) is 0 Å². The van der Waals surface area contributed by atoms with E-state index in [0.29, 0.717) is 5.56 Å². The first-order valence-corrected chi connectivity index (χ1v) is 12.0. The van der Waals surface area contributed by atoms with Gasteiger partial charge in [0, 0.05) is 17.9 Å². The molecule has 0 aliphatic heterocycles. The van der Waals surface area contributed by atoms with Gasteiger partial charge in [0.05, 0.1) is 18.7 Å². The predicted molar refractivity (Wildman–Crippen MR) is 136 cm³/mol. The second-order valence-electron chi connectivity index (χ2n) is 7.81. The smallest absolute Gasteiger partial charge is 0.326 e. The number of thiol groups is 2. The van der Waals surface area contributed by atoms with Crippen LogP contribution in [0.15, 0.2) is 24.3 Å². The van der Waals surface area contributed by atoms with Crippen molar-refractivity contribution in [3.05, 3.63) is 29.8 Å².